The van der Waals surface area contributed by atoms with E-state index in [1.807, 2.05) is 0 Å². The molecular weight excluding hydrogens is 525 g/mol. The van der Waals surface area contributed by atoms with E-state index in [1.54, 1.807) is 42.5 Å². The molecule has 2 heterocycles. The number of nitrogens with zero attached hydrogens (tertiary/aromatic N) is 3. The lowest BCUT2D eigenvalue weighted by atomic mass is 10.1. The van der Waals surface area contributed by atoms with Crippen LogP contribution in [0.4, 0.5) is 0 Å². The fourth-order valence-corrected chi connectivity index (χ4v) is 5.47. The van der Waals surface area contributed by atoms with Gasteiger partial charge >= 0.3 is 0 Å². The smallest absolute Gasteiger partial charge is 0.285 e. The first-order valence-electron chi connectivity index (χ1n) is 10.6. The summed E-state index contributed by atoms with van der Waals surface area (Å²) in [6, 6.07) is 17.6. The number of benzene rings is 3. The first kappa shape index (κ1) is 24.1. The van der Waals surface area contributed by atoms with Crippen LogP contribution in [0, 0.1) is 0 Å². The summed E-state index contributed by atoms with van der Waals surface area (Å²) < 4.78 is 39.4. The van der Waals surface area contributed by atoms with Crippen molar-refractivity contribution in [3.05, 3.63) is 88.5 Å². The molecule has 0 aliphatic carbocycles. The molecule has 0 aliphatic rings. The molecule has 0 spiro atoms. The minimum Gasteiger partial charge on any atom is -0.497 e. The molecule has 8 nitrogen and oxygen atoms in total. The van der Waals surface area contributed by atoms with Crippen molar-refractivity contribution in [2.45, 2.75) is 4.90 Å². The maximum absolute atomic E-state index is 13.7. The zero-order valence-electron chi connectivity index (χ0n) is 18.7. The Labute approximate surface area is 216 Å². The van der Waals surface area contributed by atoms with Crippen LogP contribution in [0.5, 0.6) is 11.6 Å². The third kappa shape index (κ3) is 4.26. The molecule has 0 N–H and O–H groups in total. The number of hydrogen-bond acceptors (Lipinski definition) is 7. The molecule has 0 bridgehead atoms. The summed E-state index contributed by atoms with van der Waals surface area (Å²) in [6.07, 6.45) is 1.52. The highest BCUT2D eigenvalue weighted by Gasteiger charge is 2.27. The van der Waals surface area contributed by atoms with E-state index in [0.717, 1.165) is 4.09 Å². The molecule has 11 heteroatoms. The number of ether oxygens (including phenoxy) is 2. The summed E-state index contributed by atoms with van der Waals surface area (Å²) in [5.74, 6) is 0.0290. The van der Waals surface area contributed by atoms with Gasteiger partial charge < -0.3 is 9.47 Å². The van der Waals surface area contributed by atoms with E-state index >= 15 is 0 Å². The number of ketones is 1. The summed E-state index contributed by atoms with van der Waals surface area (Å²) in [6.45, 7) is -0.406. The lowest BCUT2D eigenvalue weighted by molar-refractivity contribution is 0.0919. The number of aromatic nitrogens is 3. The van der Waals surface area contributed by atoms with E-state index in [-0.39, 0.29) is 27.1 Å². The highest BCUT2D eigenvalue weighted by Crippen LogP contribution is 2.33. The summed E-state index contributed by atoms with van der Waals surface area (Å²) in [4.78, 5) is 16.9. The lowest BCUT2D eigenvalue weighted by Crippen LogP contribution is -2.16. The average molecular weight is 542 g/mol. The summed E-state index contributed by atoms with van der Waals surface area (Å²) in [5.41, 5.74) is 0.857. The van der Waals surface area contributed by atoms with E-state index in [0.29, 0.717) is 32.6 Å². The van der Waals surface area contributed by atoms with E-state index in [9.17, 15) is 13.2 Å². The first-order chi connectivity index (χ1) is 17.3. The SMILES string of the molecule is COc1ccc2c(c1)c(OCC(=O)c1ccc(Cl)c(Cl)c1)nn2S(=O)(=O)c1cccc2cccnc12. The van der Waals surface area contributed by atoms with Gasteiger partial charge in [0, 0.05) is 17.1 Å². The van der Waals surface area contributed by atoms with Crippen molar-refractivity contribution in [3.63, 3.8) is 0 Å². The third-order valence-corrected chi connectivity index (χ3v) is 7.86. The van der Waals surface area contributed by atoms with Gasteiger partial charge in [-0.2, -0.15) is 8.42 Å². The minimum absolute atomic E-state index is 0.0146. The molecule has 5 aromatic rings. The Morgan fingerprint density at radius 2 is 1.81 bits per heavy atom. The van der Waals surface area contributed by atoms with Crippen LogP contribution in [0.3, 0.4) is 0 Å². The summed E-state index contributed by atoms with van der Waals surface area (Å²) in [7, 11) is -2.70. The molecule has 182 valence electrons. The van der Waals surface area contributed by atoms with Gasteiger partial charge in [-0.25, -0.2) is 0 Å². The molecule has 36 heavy (non-hydrogen) atoms. The van der Waals surface area contributed by atoms with Gasteiger partial charge in [-0.05, 0) is 48.5 Å². The van der Waals surface area contributed by atoms with Crippen molar-refractivity contribution in [2.24, 2.45) is 0 Å². The fraction of sp³-hybridized carbons (Fsp3) is 0.0800. The van der Waals surface area contributed by atoms with Crippen LogP contribution in [0.1, 0.15) is 10.4 Å². The highest BCUT2D eigenvalue weighted by molar-refractivity contribution is 7.90. The largest absolute Gasteiger partial charge is 0.497 e. The Balaban J connectivity index is 1.58. The predicted molar refractivity (Wildman–Crippen MR) is 137 cm³/mol. The van der Waals surface area contributed by atoms with Gasteiger partial charge in [-0.1, -0.05) is 41.4 Å². The molecule has 0 atom stereocenters. The molecule has 5 rings (SSSR count). The highest BCUT2D eigenvalue weighted by atomic mass is 35.5. The van der Waals surface area contributed by atoms with Crippen molar-refractivity contribution in [3.8, 4) is 11.6 Å². The monoisotopic (exact) mass is 541 g/mol. The Hall–Kier alpha value is -3.66. The van der Waals surface area contributed by atoms with Gasteiger partial charge in [-0.15, -0.1) is 9.19 Å². The van der Waals surface area contributed by atoms with Gasteiger partial charge in [0.15, 0.2) is 12.4 Å². The van der Waals surface area contributed by atoms with Crippen molar-refractivity contribution in [2.75, 3.05) is 13.7 Å². The number of pyridine rings is 1. The standard InChI is InChI=1S/C25H17Cl2N3O5S/c1-34-17-8-10-21-18(13-17)25(35-14-22(31)16-7-9-19(26)20(27)12-16)29-30(21)36(32,33)23-6-2-4-15-5-3-11-28-24(15)23/h2-13H,14H2,1H3. The minimum atomic E-state index is -4.19. The quantitative estimate of drug-likeness (QED) is 0.254. The normalized spacial score (nSPS) is 11.6. The second-order valence-electron chi connectivity index (χ2n) is 7.71. The van der Waals surface area contributed by atoms with E-state index in [4.69, 9.17) is 32.7 Å². The molecule has 3 aromatic carbocycles. The number of halogens is 2. The molecular formula is C25H17Cl2N3O5S. The van der Waals surface area contributed by atoms with Gasteiger partial charge in [0.1, 0.15) is 10.6 Å². The van der Waals surface area contributed by atoms with Crippen LogP contribution in [0.2, 0.25) is 10.0 Å². The van der Waals surface area contributed by atoms with Crippen molar-refractivity contribution >= 4 is 60.8 Å². The van der Waals surface area contributed by atoms with Crippen molar-refractivity contribution in [1.82, 2.24) is 14.2 Å². The predicted octanol–water partition coefficient (Wildman–Crippen LogP) is 5.40. The number of fused-ring (bicyclic) bond motifs is 2. The molecule has 0 unspecified atom stereocenters. The molecule has 0 fully saturated rings. The number of methoxy groups -OCH3 is 1. The van der Waals surface area contributed by atoms with Crippen LogP contribution in [-0.4, -0.2) is 42.1 Å². The number of para-hydroxylation sites is 1. The molecule has 0 amide bonds. The van der Waals surface area contributed by atoms with E-state index in [1.165, 1.54) is 37.6 Å². The Bertz CT molecular complexity index is 1750. The second kappa shape index (κ2) is 9.42. The maximum Gasteiger partial charge on any atom is 0.285 e. The van der Waals surface area contributed by atoms with Crippen LogP contribution >= 0.6 is 23.2 Å². The van der Waals surface area contributed by atoms with Crippen LogP contribution in [0.25, 0.3) is 21.8 Å². The Morgan fingerprint density at radius 3 is 2.58 bits per heavy atom. The number of hydrogen-bond donors (Lipinski definition) is 0. The van der Waals surface area contributed by atoms with Crippen LogP contribution < -0.4 is 9.47 Å². The zero-order valence-corrected chi connectivity index (χ0v) is 21.0. The molecule has 0 saturated heterocycles. The lowest BCUT2D eigenvalue weighted by Gasteiger charge is -2.08. The Morgan fingerprint density at radius 1 is 1.00 bits per heavy atom. The first-order valence-corrected chi connectivity index (χ1v) is 12.8. The third-order valence-electron chi connectivity index (χ3n) is 5.50. The molecule has 0 saturated carbocycles. The zero-order chi connectivity index (χ0) is 25.4. The van der Waals surface area contributed by atoms with E-state index < -0.39 is 16.6 Å². The van der Waals surface area contributed by atoms with Gasteiger partial charge in [-0.3, -0.25) is 9.78 Å². The average Bonchev–Trinajstić information content (AvgIpc) is 3.27. The molecule has 2 aromatic heterocycles. The molecule has 0 radical (unpaired) electrons. The van der Waals surface area contributed by atoms with E-state index in [2.05, 4.69) is 10.1 Å². The van der Waals surface area contributed by atoms with Gasteiger partial charge in [0.2, 0.25) is 5.88 Å². The summed E-state index contributed by atoms with van der Waals surface area (Å²) >= 11 is 11.9. The van der Waals surface area contributed by atoms with Gasteiger partial charge in [0.05, 0.1) is 33.6 Å². The number of Topliss-reactive ketones (excluding diaryl/α,β-unsaturated/α-hetero) is 1. The topological polar surface area (TPSA) is 100 Å². The van der Waals surface area contributed by atoms with Crippen LogP contribution in [0.15, 0.2) is 77.8 Å². The number of carbonyl (C=O) groups is 1. The fourth-order valence-electron chi connectivity index (χ4n) is 3.72. The van der Waals surface area contributed by atoms with Crippen molar-refractivity contribution in [1.29, 1.82) is 0 Å². The Kier molecular flexibility index (Phi) is 6.29. The summed E-state index contributed by atoms with van der Waals surface area (Å²) in [5, 5.41) is 5.81. The second-order valence-corrected chi connectivity index (χ2v) is 10.3. The van der Waals surface area contributed by atoms with Crippen LogP contribution in [-0.2, 0) is 10.0 Å². The number of carbonyl (C=O) groups excluding carboxylic acids is 1. The van der Waals surface area contributed by atoms with Gasteiger partial charge in [0.25, 0.3) is 10.0 Å². The number of rotatable bonds is 7. The van der Waals surface area contributed by atoms with Crippen molar-refractivity contribution < 1.29 is 22.7 Å². The maximum atomic E-state index is 13.7. The molecule has 0 aliphatic heterocycles.